The molecule has 0 fully saturated rings. The van der Waals surface area contributed by atoms with Crippen molar-refractivity contribution in [2.24, 2.45) is 10.7 Å². The monoisotopic (exact) mass is 376 g/mol. The molecular weight excluding hydrogens is 351 g/mol. The van der Waals surface area contributed by atoms with Gasteiger partial charge in [0.2, 0.25) is 0 Å². The van der Waals surface area contributed by atoms with Gasteiger partial charge in [-0.15, -0.1) is 24.0 Å². The molecule has 0 amide bonds. The normalized spacial score (nSPS) is 11.7. The lowest BCUT2D eigenvalue weighted by molar-refractivity contribution is 0.508. The third-order valence-electron chi connectivity index (χ3n) is 2.39. The molecule has 5 heteroatoms. The van der Waals surface area contributed by atoms with Crippen LogP contribution in [0.2, 0.25) is 0 Å². The molecule has 0 aliphatic rings. The van der Waals surface area contributed by atoms with Crippen molar-refractivity contribution in [1.82, 2.24) is 5.32 Å². The fraction of sp³-hybridized carbons (Fsp3) is 0.500. The molecule has 0 atom stereocenters. The van der Waals surface area contributed by atoms with Crippen LogP contribution in [0.25, 0.3) is 0 Å². The average Bonchev–Trinajstić information content (AvgIpc) is 2.24. The van der Waals surface area contributed by atoms with Crippen LogP contribution in [0.3, 0.4) is 0 Å². The molecule has 1 rings (SSSR count). The second kappa shape index (κ2) is 7.57. The van der Waals surface area contributed by atoms with Crippen molar-refractivity contribution in [3.8, 4) is 0 Å². The summed E-state index contributed by atoms with van der Waals surface area (Å²) in [5.74, 6) is 0.485. The second-order valence-electron chi connectivity index (χ2n) is 5.64. The lowest BCUT2D eigenvalue weighted by atomic mass is 10.1. The Balaban J connectivity index is 0.00000324. The Morgan fingerprint density at radius 3 is 2.16 bits per heavy atom. The van der Waals surface area contributed by atoms with Crippen molar-refractivity contribution in [1.29, 1.82) is 0 Å². The number of aliphatic imine (C=N–C) groups is 1. The van der Waals surface area contributed by atoms with Crippen molar-refractivity contribution in [3.05, 3.63) is 29.8 Å². The molecule has 1 aromatic carbocycles. The molecule has 0 radical (unpaired) electrons. The average molecular weight is 376 g/mol. The zero-order valence-corrected chi connectivity index (χ0v) is 14.7. The predicted molar refractivity (Wildman–Crippen MR) is 94.4 cm³/mol. The van der Waals surface area contributed by atoms with Crippen LogP contribution in [0.15, 0.2) is 29.3 Å². The Bertz CT molecular complexity index is 404. The van der Waals surface area contributed by atoms with Gasteiger partial charge in [0.05, 0.1) is 6.54 Å². The molecule has 0 aliphatic heterocycles. The SMILES string of the molecule is CN(C)c1ccc(CN=C(N)NC(C)(C)C)cc1.I. The Morgan fingerprint density at radius 1 is 1.21 bits per heavy atom. The fourth-order valence-electron chi connectivity index (χ4n) is 1.50. The van der Waals surface area contributed by atoms with E-state index in [1.165, 1.54) is 5.69 Å². The molecular formula is C14H25IN4. The van der Waals surface area contributed by atoms with E-state index < -0.39 is 0 Å². The molecule has 3 N–H and O–H groups in total. The molecule has 0 spiro atoms. The van der Waals surface area contributed by atoms with Crippen LogP contribution in [-0.2, 0) is 6.54 Å². The van der Waals surface area contributed by atoms with Crippen LogP contribution in [0.5, 0.6) is 0 Å². The highest BCUT2D eigenvalue weighted by Crippen LogP contribution is 2.12. The smallest absolute Gasteiger partial charge is 0.189 e. The standard InChI is InChI=1S/C14H24N4.HI/c1-14(2,3)17-13(15)16-10-11-6-8-12(9-7-11)18(4)5;/h6-9H,10H2,1-5H3,(H3,15,16,17);1H. The van der Waals surface area contributed by atoms with E-state index in [1.807, 2.05) is 14.1 Å². The van der Waals surface area contributed by atoms with Gasteiger partial charge < -0.3 is 16.0 Å². The fourth-order valence-corrected chi connectivity index (χ4v) is 1.50. The highest BCUT2D eigenvalue weighted by atomic mass is 127. The van der Waals surface area contributed by atoms with E-state index in [1.54, 1.807) is 0 Å². The number of guanidine groups is 1. The number of nitrogens with zero attached hydrogens (tertiary/aromatic N) is 2. The van der Waals surface area contributed by atoms with Crippen LogP contribution < -0.4 is 16.0 Å². The summed E-state index contributed by atoms with van der Waals surface area (Å²) in [7, 11) is 4.05. The number of halogens is 1. The van der Waals surface area contributed by atoms with Crippen molar-refractivity contribution >= 4 is 35.6 Å². The quantitative estimate of drug-likeness (QED) is 0.484. The highest BCUT2D eigenvalue weighted by Gasteiger charge is 2.09. The summed E-state index contributed by atoms with van der Waals surface area (Å²) in [6.07, 6.45) is 0. The van der Waals surface area contributed by atoms with Crippen LogP contribution in [0, 0.1) is 0 Å². The molecule has 19 heavy (non-hydrogen) atoms. The predicted octanol–water partition coefficient (Wildman–Crippen LogP) is 2.57. The third kappa shape index (κ3) is 7.25. The molecule has 0 heterocycles. The van der Waals surface area contributed by atoms with Crippen LogP contribution >= 0.6 is 24.0 Å². The number of hydrogen-bond donors (Lipinski definition) is 2. The van der Waals surface area contributed by atoms with E-state index in [4.69, 9.17) is 5.73 Å². The summed E-state index contributed by atoms with van der Waals surface area (Å²) in [5, 5.41) is 3.14. The van der Waals surface area contributed by atoms with Gasteiger partial charge in [-0.25, -0.2) is 4.99 Å². The number of anilines is 1. The maximum absolute atomic E-state index is 5.82. The highest BCUT2D eigenvalue weighted by molar-refractivity contribution is 14.0. The minimum absolute atomic E-state index is 0. The molecule has 1 aromatic rings. The van der Waals surface area contributed by atoms with E-state index in [9.17, 15) is 0 Å². The number of hydrogen-bond acceptors (Lipinski definition) is 2. The van der Waals surface area contributed by atoms with Gasteiger partial charge >= 0.3 is 0 Å². The molecule has 0 aromatic heterocycles. The van der Waals surface area contributed by atoms with Gasteiger partial charge in [0.1, 0.15) is 0 Å². The zero-order valence-electron chi connectivity index (χ0n) is 12.4. The lowest BCUT2D eigenvalue weighted by Gasteiger charge is -2.21. The summed E-state index contributed by atoms with van der Waals surface area (Å²) >= 11 is 0. The third-order valence-corrected chi connectivity index (χ3v) is 2.39. The Labute approximate surface area is 133 Å². The molecule has 0 saturated carbocycles. The molecule has 0 unspecified atom stereocenters. The van der Waals surface area contributed by atoms with E-state index in [2.05, 4.69) is 60.2 Å². The van der Waals surface area contributed by atoms with E-state index >= 15 is 0 Å². The Morgan fingerprint density at radius 2 is 1.74 bits per heavy atom. The Hall–Kier alpha value is -0.980. The van der Waals surface area contributed by atoms with E-state index in [-0.39, 0.29) is 29.5 Å². The maximum atomic E-state index is 5.82. The molecule has 0 saturated heterocycles. The molecule has 0 aliphatic carbocycles. The van der Waals surface area contributed by atoms with Crippen LogP contribution in [0.1, 0.15) is 26.3 Å². The van der Waals surface area contributed by atoms with Crippen molar-refractivity contribution in [3.63, 3.8) is 0 Å². The van der Waals surface area contributed by atoms with Crippen molar-refractivity contribution in [2.45, 2.75) is 32.9 Å². The number of benzene rings is 1. The maximum Gasteiger partial charge on any atom is 0.189 e. The van der Waals surface area contributed by atoms with Crippen molar-refractivity contribution < 1.29 is 0 Å². The summed E-state index contributed by atoms with van der Waals surface area (Å²) < 4.78 is 0. The first-order valence-corrected chi connectivity index (χ1v) is 6.12. The second-order valence-corrected chi connectivity index (χ2v) is 5.64. The summed E-state index contributed by atoms with van der Waals surface area (Å²) in [6.45, 7) is 6.77. The minimum atomic E-state index is -0.0532. The van der Waals surface area contributed by atoms with Crippen molar-refractivity contribution in [2.75, 3.05) is 19.0 Å². The number of nitrogens with two attached hydrogens (primary N) is 1. The Kier molecular flexibility index (Phi) is 7.18. The van der Waals surface area contributed by atoms with E-state index in [0.29, 0.717) is 12.5 Å². The largest absolute Gasteiger partial charge is 0.378 e. The minimum Gasteiger partial charge on any atom is -0.378 e. The van der Waals surface area contributed by atoms with Gasteiger partial charge in [-0.1, -0.05) is 12.1 Å². The van der Waals surface area contributed by atoms with Gasteiger partial charge in [-0.2, -0.15) is 0 Å². The van der Waals surface area contributed by atoms with Gasteiger partial charge in [0.15, 0.2) is 5.96 Å². The first-order chi connectivity index (χ1) is 8.28. The molecule has 4 nitrogen and oxygen atoms in total. The lowest BCUT2D eigenvalue weighted by Crippen LogP contribution is -2.44. The first kappa shape index (κ1) is 18.0. The van der Waals surface area contributed by atoms with Gasteiger partial charge in [-0.3, -0.25) is 0 Å². The van der Waals surface area contributed by atoms with Gasteiger partial charge in [0.25, 0.3) is 0 Å². The summed E-state index contributed by atoms with van der Waals surface area (Å²) in [6, 6.07) is 8.31. The molecule has 108 valence electrons. The number of nitrogens with one attached hydrogen (secondary N) is 1. The summed E-state index contributed by atoms with van der Waals surface area (Å²) in [4.78, 5) is 6.40. The summed E-state index contributed by atoms with van der Waals surface area (Å²) in [5.41, 5.74) is 8.10. The zero-order chi connectivity index (χ0) is 13.8. The first-order valence-electron chi connectivity index (χ1n) is 6.12. The molecule has 0 bridgehead atoms. The van der Waals surface area contributed by atoms with Crippen LogP contribution in [0.4, 0.5) is 5.69 Å². The van der Waals surface area contributed by atoms with Gasteiger partial charge in [-0.05, 0) is 38.5 Å². The van der Waals surface area contributed by atoms with Crippen LogP contribution in [-0.4, -0.2) is 25.6 Å². The van der Waals surface area contributed by atoms with E-state index in [0.717, 1.165) is 5.56 Å². The topological polar surface area (TPSA) is 53.6 Å². The number of rotatable bonds is 3. The van der Waals surface area contributed by atoms with Gasteiger partial charge in [0, 0.05) is 25.3 Å².